The molecule has 0 atom stereocenters. The van der Waals surface area contributed by atoms with Crippen LogP contribution in [0.3, 0.4) is 0 Å². The van der Waals surface area contributed by atoms with Crippen LogP contribution in [0.25, 0.3) is 10.8 Å². The number of phenolic OH excluding ortho intramolecular Hbond substituents is 1. The zero-order valence-corrected chi connectivity index (χ0v) is 24.2. The van der Waals surface area contributed by atoms with E-state index < -0.39 is 35.7 Å². The second kappa shape index (κ2) is 12.2. The largest absolute Gasteiger partial charge is 0.508 e. The maximum Gasteiger partial charge on any atom is 0.296 e. The van der Waals surface area contributed by atoms with E-state index in [9.17, 15) is 41.2 Å². The first kappa shape index (κ1) is 30.8. The number of azo groups is 2. The van der Waals surface area contributed by atoms with Crippen LogP contribution in [0, 0.1) is 10.1 Å². The Labute approximate surface area is 254 Å². The van der Waals surface area contributed by atoms with Gasteiger partial charge in [0.2, 0.25) is 0 Å². The number of nitrogens with zero attached hydrogens (tertiary/aromatic N) is 5. The van der Waals surface area contributed by atoms with Crippen LogP contribution >= 0.6 is 0 Å². The summed E-state index contributed by atoms with van der Waals surface area (Å²) in [6.45, 7) is 0. The SMILES string of the molecule is O=[N+]([O-])c1ccc(Nc2ccc(N=Nc3ccc(N=Nc4ccc(O)cc4)c4ccc(S(=O)(=O)O)cc34)cc2)c(S(=O)(=O)O)c1. The van der Waals surface area contributed by atoms with Gasteiger partial charge in [0.25, 0.3) is 25.9 Å². The van der Waals surface area contributed by atoms with Gasteiger partial charge in [-0.3, -0.25) is 19.2 Å². The number of non-ortho nitro benzene ring substituents is 1. The Kier molecular flexibility index (Phi) is 8.34. The lowest BCUT2D eigenvalue weighted by atomic mass is 10.1. The van der Waals surface area contributed by atoms with Gasteiger partial charge in [-0.1, -0.05) is 6.07 Å². The van der Waals surface area contributed by atoms with Gasteiger partial charge < -0.3 is 10.4 Å². The maximum atomic E-state index is 11.8. The first-order chi connectivity index (χ1) is 21.3. The monoisotopic (exact) mass is 648 g/mol. The second-order valence-corrected chi connectivity index (χ2v) is 12.1. The van der Waals surface area contributed by atoms with Crippen molar-refractivity contribution in [3.05, 3.63) is 107 Å². The lowest BCUT2D eigenvalue weighted by molar-refractivity contribution is -0.385. The third-order valence-corrected chi connectivity index (χ3v) is 7.98. The molecule has 0 aliphatic rings. The van der Waals surface area contributed by atoms with Crippen LogP contribution in [-0.4, -0.2) is 36.0 Å². The van der Waals surface area contributed by atoms with Gasteiger partial charge >= 0.3 is 0 Å². The van der Waals surface area contributed by atoms with E-state index in [0.29, 0.717) is 33.5 Å². The molecule has 0 aliphatic heterocycles. The fourth-order valence-corrected chi connectivity index (χ4v) is 5.26. The molecule has 45 heavy (non-hydrogen) atoms. The fraction of sp³-hybridized carbons (Fsp3) is 0. The van der Waals surface area contributed by atoms with Gasteiger partial charge in [-0.15, -0.1) is 10.2 Å². The summed E-state index contributed by atoms with van der Waals surface area (Å²) >= 11 is 0. The topological polar surface area (TPSA) is 234 Å². The smallest absolute Gasteiger partial charge is 0.296 e. The van der Waals surface area contributed by atoms with E-state index in [4.69, 9.17) is 0 Å². The van der Waals surface area contributed by atoms with Gasteiger partial charge in [-0.05, 0) is 78.9 Å². The number of rotatable bonds is 9. The summed E-state index contributed by atoms with van der Waals surface area (Å²) in [7, 11) is -9.33. The molecule has 0 fully saturated rings. The van der Waals surface area contributed by atoms with E-state index in [1.54, 1.807) is 18.2 Å². The number of phenols is 1. The van der Waals surface area contributed by atoms with E-state index >= 15 is 0 Å². The first-order valence-corrected chi connectivity index (χ1v) is 15.5. The van der Waals surface area contributed by atoms with E-state index in [1.165, 1.54) is 60.7 Å². The molecule has 0 aliphatic carbocycles. The molecule has 5 rings (SSSR count). The van der Waals surface area contributed by atoms with Gasteiger partial charge in [0.05, 0.1) is 38.3 Å². The Hall–Kier alpha value is -5.62. The first-order valence-electron chi connectivity index (χ1n) is 12.6. The summed E-state index contributed by atoms with van der Waals surface area (Å²) in [5.41, 5.74) is 1.15. The summed E-state index contributed by atoms with van der Waals surface area (Å²) in [4.78, 5) is 9.19. The van der Waals surface area contributed by atoms with E-state index in [1.807, 2.05) is 0 Å². The van der Waals surface area contributed by atoms with Crippen molar-refractivity contribution >= 4 is 70.8 Å². The minimum Gasteiger partial charge on any atom is -0.508 e. The third kappa shape index (κ3) is 7.31. The molecule has 0 saturated heterocycles. The Bertz CT molecular complexity index is 2220. The number of benzene rings is 5. The normalized spacial score (nSPS) is 12.2. The second-order valence-electron chi connectivity index (χ2n) is 9.29. The Morgan fingerprint density at radius 2 is 1.22 bits per heavy atom. The minimum atomic E-state index is -4.79. The Morgan fingerprint density at radius 1 is 0.644 bits per heavy atom. The highest BCUT2D eigenvalue weighted by molar-refractivity contribution is 7.86. The van der Waals surface area contributed by atoms with Gasteiger partial charge in [0.15, 0.2) is 0 Å². The number of nitro groups is 1. The summed E-state index contributed by atoms with van der Waals surface area (Å²) < 4.78 is 66.4. The molecule has 0 heterocycles. The maximum absolute atomic E-state index is 11.8. The highest BCUT2D eigenvalue weighted by atomic mass is 32.2. The number of nitro benzene ring substituents is 1. The number of aromatic hydroxyl groups is 1. The molecule has 4 N–H and O–H groups in total. The molecule has 0 amide bonds. The van der Waals surface area contributed by atoms with E-state index in [2.05, 4.69) is 25.8 Å². The molecule has 17 heteroatoms. The van der Waals surface area contributed by atoms with E-state index in [0.717, 1.165) is 18.2 Å². The zero-order chi connectivity index (χ0) is 32.4. The number of hydrogen-bond donors (Lipinski definition) is 4. The van der Waals surface area contributed by atoms with Gasteiger partial charge in [0, 0.05) is 28.6 Å². The summed E-state index contributed by atoms with van der Waals surface area (Å²) in [5.74, 6) is 0.0635. The minimum absolute atomic E-state index is 0.0635. The predicted molar refractivity (Wildman–Crippen MR) is 163 cm³/mol. The predicted octanol–water partition coefficient (Wildman–Crippen LogP) is 7.52. The number of nitrogens with one attached hydrogen (secondary N) is 1. The van der Waals surface area contributed by atoms with Gasteiger partial charge in [0.1, 0.15) is 10.6 Å². The van der Waals surface area contributed by atoms with Crippen LogP contribution < -0.4 is 5.32 Å². The average Bonchev–Trinajstić information content (AvgIpc) is 2.99. The molecule has 0 radical (unpaired) electrons. The molecule has 0 aromatic heterocycles. The van der Waals surface area contributed by atoms with Crippen molar-refractivity contribution < 1.29 is 36.0 Å². The number of anilines is 2. The fourth-order valence-electron chi connectivity index (χ4n) is 4.08. The standard InChI is InChI=1S/C28H20N6O9S2/c35-21-8-5-19(6-9-21)31-32-25-13-14-26(24-16-22(44(38,39)40)10-11-23(24)25)33-30-18-3-1-17(2-4-18)29-27-12-7-20(34(36)37)15-28(27)45(41,42)43/h1-16,29,35H,(H,38,39,40)(H,41,42,43). The Balaban J connectivity index is 1.45. The van der Waals surface area contributed by atoms with Crippen molar-refractivity contribution in [2.45, 2.75) is 9.79 Å². The summed E-state index contributed by atoms with van der Waals surface area (Å²) in [5, 5.41) is 40.8. The van der Waals surface area contributed by atoms with Crippen molar-refractivity contribution in [3.8, 4) is 5.75 Å². The molecule has 15 nitrogen and oxygen atoms in total. The van der Waals surface area contributed by atoms with Crippen LogP contribution in [0.15, 0.2) is 127 Å². The number of hydrogen-bond acceptors (Lipinski definition) is 12. The highest BCUT2D eigenvalue weighted by Gasteiger charge is 2.20. The van der Waals surface area contributed by atoms with Crippen LogP contribution in [-0.2, 0) is 20.2 Å². The van der Waals surface area contributed by atoms with Crippen LogP contribution in [0.5, 0.6) is 5.75 Å². The molecule has 0 bridgehead atoms. The lowest BCUT2D eigenvalue weighted by Gasteiger charge is -2.10. The molecule has 0 unspecified atom stereocenters. The van der Waals surface area contributed by atoms with Gasteiger partial charge in [-0.25, -0.2) is 0 Å². The van der Waals surface area contributed by atoms with Crippen molar-refractivity contribution in [1.29, 1.82) is 0 Å². The van der Waals surface area contributed by atoms with E-state index in [-0.39, 0.29) is 22.0 Å². The van der Waals surface area contributed by atoms with Gasteiger partial charge in [-0.2, -0.15) is 27.1 Å². The van der Waals surface area contributed by atoms with Crippen LogP contribution in [0.2, 0.25) is 0 Å². The molecule has 0 saturated carbocycles. The average molecular weight is 649 g/mol. The third-order valence-electron chi connectivity index (χ3n) is 6.24. The summed E-state index contributed by atoms with van der Waals surface area (Å²) in [6.07, 6.45) is 0. The molecule has 228 valence electrons. The number of fused-ring (bicyclic) bond motifs is 1. The molecule has 0 spiro atoms. The molecule has 5 aromatic carbocycles. The van der Waals surface area contributed by atoms with Crippen molar-refractivity contribution in [1.82, 2.24) is 0 Å². The Morgan fingerprint density at radius 3 is 1.78 bits per heavy atom. The quantitative estimate of drug-likeness (QED) is 0.0530. The highest BCUT2D eigenvalue weighted by Crippen LogP contribution is 2.37. The summed E-state index contributed by atoms with van der Waals surface area (Å²) in [6, 6.07) is 22.1. The van der Waals surface area contributed by atoms with Crippen molar-refractivity contribution in [3.63, 3.8) is 0 Å². The molecule has 5 aromatic rings. The van der Waals surface area contributed by atoms with Crippen LogP contribution in [0.4, 0.5) is 39.8 Å². The lowest BCUT2D eigenvalue weighted by Crippen LogP contribution is -2.04. The van der Waals surface area contributed by atoms with Crippen LogP contribution in [0.1, 0.15) is 0 Å². The molecular formula is C28H20N6O9S2. The van der Waals surface area contributed by atoms with Crippen molar-refractivity contribution in [2.24, 2.45) is 20.5 Å². The molecular weight excluding hydrogens is 628 g/mol. The zero-order valence-electron chi connectivity index (χ0n) is 22.6. The van der Waals surface area contributed by atoms with Crippen molar-refractivity contribution in [2.75, 3.05) is 5.32 Å².